The fourth-order valence-electron chi connectivity index (χ4n) is 1.52. The first-order chi connectivity index (χ1) is 6.69. The highest BCUT2D eigenvalue weighted by Gasteiger charge is 2.10. The molecule has 0 spiro atoms. The molecule has 14 heavy (non-hydrogen) atoms. The molecule has 1 atom stereocenters. The average Bonchev–Trinajstić information content (AvgIpc) is 2.17. The van der Waals surface area contributed by atoms with Gasteiger partial charge in [-0.15, -0.1) is 0 Å². The third kappa shape index (κ3) is 2.39. The topological polar surface area (TPSA) is 41.5 Å². The van der Waals surface area contributed by atoms with Crippen molar-refractivity contribution in [2.45, 2.75) is 12.8 Å². The molecule has 78 valence electrons. The summed E-state index contributed by atoms with van der Waals surface area (Å²) in [5.74, 6) is 1.35. The Kier molecular flexibility index (Phi) is 3.77. The van der Waals surface area contributed by atoms with Gasteiger partial charge in [0.25, 0.3) is 0 Å². The Balaban J connectivity index is 2.95. The van der Waals surface area contributed by atoms with Gasteiger partial charge in [-0.2, -0.15) is 0 Å². The van der Waals surface area contributed by atoms with Crippen LogP contribution in [0.3, 0.4) is 0 Å². The molecule has 0 radical (unpaired) electrons. The van der Waals surface area contributed by atoms with Crippen molar-refractivity contribution in [2.75, 3.05) is 20.7 Å². The fraction of sp³-hybridized carbons (Fsp3) is 0.455. The van der Waals surface area contributed by atoms with E-state index in [9.17, 15) is 5.11 Å². The van der Waals surface area contributed by atoms with E-state index in [2.05, 4.69) is 12.2 Å². The Bertz CT molecular complexity index is 299. The predicted octanol–water partition coefficient (Wildman–Crippen LogP) is 1.72. The minimum Gasteiger partial charge on any atom is -0.508 e. The molecule has 0 aliphatic rings. The number of phenols is 1. The van der Waals surface area contributed by atoms with Crippen LogP contribution in [0.4, 0.5) is 0 Å². The number of aromatic hydroxyl groups is 1. The largest absolute Gasteiger partial charge is 0.508 e. The van der Waals surface area contributed by atoms with Crippen LogP contribution in [0.2, 0.25) is 0 Å². The zero-order valence-corrected chi connectivity index (χ0v) is 8.87. The summed E-state index contributed by atoms with van der Waals surface area (Å²) in [5.41, 5.74) is 1.11. The molecule has 1 aromatic carbocycles. The van der Waals surface area contributed by atoms with E-state index in [1.54, 1.807) is 19.2 Å². The van der Waals surface area contributed by atoms with Gasteiger partial charge in [-0.25, -0.2) is 0 Å². The third-order valence-electron chi connectivity index (χ3n) is 2.26. The molecule has 0 heterocycles. The van der Waals surface area contributed by atoms with Crippen molar-refractivity contribution < 1.29 is 9.84 Å². The standard InChI is InChI=1S/C11H17NO2/c1-8(7-12-2)10-5-4-9(13)6-11(10)14-3/h4-6,8,12-13H,7H2,1-3H3. The second-order valence-corrected chi connectivity index (χ2v) is 3.38. The van der Waals surface area contributed by atoms with Crippen molar-refractivity contribution in [2.24, 2.45) is 0 Å². The Morgan fingerprint density at radius 2 is 2.21 bits per heavy atom. The van der Waals surface area contributed by atoms with Crippen LogP contribution in [0, 0.1) is 0 Å². The van der Waals surface area contributed by atoms with E-state index in [1.165, 1.54) is 0 Å². The molecule has 0 fully saturated rings. The quantitative estimate of drug-likeness (QED) is 0.768. The number of likely N-dealkylation sites (N-methyl/N-ethyl adjacent to an activating group) is 1. The lowest BCUT2D eigenvalue weighted by Gasteiger charge is -2.15. The van der Waals surface area contributed by atoms with Crippen LogP contribution in [0.5, 0.6) is 11.5 Å². The van der Waals surface area contributed by atoms with Crippen molar-refractivity contribution in [3.05, 3.63) is 23.8 Å². The van der Waals surface area contributed by atoms with Crippen LogP contribution < -0.4 is 10.1 Å². The molecular formula is C11H17NO2. The lowest BCUT2D eigenvalue weighted by atomic mass is 10.00. The molecular weight excluding hydrogens is 178 g/mol. The second kappa shape index (κ2) is 4.86. The summed E-state index contributed by atoms with van der Waals surface area (Å²) in [6.07, 6.45) is 0. The molecule has 0 saturated carbocycles. The number of hydrogen-bond donors (Lipinski definition) is 2. The van der Waals surface area contributed by atoms with Gasteiger partial charge >= 0.3 is 0 Å². The summed E-state index contributed by atoms with van der Waals surface area (Å²) in [6.45, 7) is 3.01. The van der Waals surface area contributed by atoms with E-state index in [0.29, 0.717) is 5.92 Å². The van der Waals surface area contributed by atoms with Crippen molar-refractivity contribution in [3.8, 4) is 11.5 Å². The van der Waals surface area contributed by atoms with Gasteiger partial charge in [0.05, 0.1) is 7.11 Å². The molecule has 0 saturated heterocycles. The summed E-state index contributed by atoms with van der Waals surface area (Å²) in [6, 6.07) is 5.22. The Hall–Kier alpha value is -1.22. The zero-order chi connectivity index (χ0) is 10.6. The fourth-order valence-corrected chi connectivity index (χ4v) is 1.52. The van der Waals surface area contributed by atoms with Gasteiger partial charge in [-0.1, -0.05) is 13.0 Å². The number of ether oxygens (including phenoxy) is 1. The van der Waals surface area contributed by atoms with Gasteiger partial charge in [0, 0.05) is 12.6 Å². The van der Waals surface area contributed by atoms with Gasteiger partial charge in [0.1, 0.15) is 11.5 Å². The smallest absolute Gasteiger partial charge is 0.126 e. The number of nitrogens with one attached hydrogen (secondary N) is 1. The lowest BCUT2D eigenvalue weighted by molar-refractivity contribution is 0.399. The van der Waals surface area contributed by atoms with Crippen molar-refractivity contribution in [3.63, 3.8) is 0 Å². The van der Waals surface area contributed by atoms with Crippen molar-refractivity contribution >= 4 is 0 Å². The van der Waals surface area contributed by atoms with Crippen LogP contribution in [0.1, 0.15) is 18.4 Å². The SMILES string of the molecule is CNCC(C)c1ccc(O)cc1OC. The minimum atomic E-state index is 0.238. The third-order valence-corrected chi connectivity index (χ3v) is 2.26. The maximum atomic E-state index is 9.28. The summed E-state index contributed by atoms with van der Waals surface area (Å²) in [4.78, 5) is 0. The molecule has 2 N–H and O–H groups in total. The number of methoxy groups -OCH3 is 1. The van der Waals surface area contributed by atoms with Gasteiger partial charge < -0.3 is 15.2 Å². The molecule has 0 bridgehead atoms. The van der Waals surface area contributed by atoms with Crippen LogP contribution in [-0.2, 0) is 0 Å². The minimum absolute atomic E-state index is 0.238. The van der Waals surface area contributed by atoms with E-state index in [4.69, 9.17) is 4.74 Å². The molecule has 0 aliphatic carbocycles. The first kappa shape index (κ1) is 10.9. The number of phenolic OH excluding ortho intramolecular Hbond substituents is 1. The summed E-state index contributed by atoms with van der Waals surface area (Å²) >= 11 is 0. The molecule has 3 heteroatoms. The number of hydrogen-bond acceptors (Lipinski definition) is 3. The van der Waals surface area contributed by atoms with Gasteiger partial charge in [0.15, 0.2) is 0 Å². The lowest BCUT2D eigenvalue weighted by Crippen LogP contribution is -2.15. The number of benzene rings is 1. The highest BCUT2D eigenvalue weighted by atomic mass is 16.5. The van der Waals surface area contributed by atoms with Crippen molar-refractivity contribution in [1.29, 1.82) is 0 Å². The highest BCUT2D eigenvalue weighted by molar-refractivity contribution is 5.42. The Morgan fingerprint density at radius 1 is 1.50 bits per heavy atom. The first-order valence-electron chi connectivity index (χ1n) is 4.70. The van der Waals surface area contributed by atoms with E-state index in [0.717, 1.165) is 17.9 Å². The van der Waals surface area contributed by atoms with Gasteiger partial charge in [-0.3, -0.25) is 0 Å². The summed E-state index contributed by atoms with van der Waals surface area (Å²) < 4.78 is 5.21. The summed E-state index contributed by atoms with van der Waals surface area (Å²) in [5, 5.41) is 12.4. The van der Waals surface area contributed by atoms with E-state index in [-0.39, 0.29) is 5.75 Å². The van der Waals surface area contributed by atoms with Crippen LogP contribution in [0.25, 0.3) is 0 Å². The first-order valence-corrected chi connectivity index (χ1v) is 4.70. The molecule has 0 aliphatic heterocycles. The molecule has 1 unspecified atom stereocenters. The van der Waals surface area contributed by atoms with Crippen LogP contribution >= 0.6 is 0 Å². The molecule has 0 aromatic heterocycles. The van der Waals surface area contributed by atoms with E-state index < -0.39 is 0 Å². The maximum absolute atomic E-state index is 9.28. The monoisotopic (exact) mass is 195 g/mol. The van der Waals surface area contributed by atoms with Gasteiger partial charge in [0.2, 0.25) is 0 Å². The molecule has 1 aromatic rings. The normalized spacial score (nSPS) is 12.5. The maximum Gasteiger partial charge on any atom is 0.126 e. The highest BCUT2D eigenvalue weighted by Crippen LogP contribution is 2.29. The van der Waals surface area contributed by atoms with E-state index >= 15 is 0 Å². The van der Waals surface area contributed by atoms with Crippen LogP contribution in [-0.4, -0.2) is 25.8 Å². The summed E-state index contributed by atoms with van der Waals surface area (Å²) in [7, 11) is 3.54. The predicted molar refractivity (Wildman–Crippen MR) is 57.0 cm³/mol. The van der Waals surface area contributed by atoms with Gasteiger partial charge in [-0.05, 0) is 24.6 Å². The zero-order valence-electron chi connectivity index (χ0n) is 8.87. The second-order valence-electron chi connectivity index (χ2n) is 3.38. The van der Waals surface area contributed by atoms with Crippen LogP contribution in [0.15, 0.2) is 18.2 Å². The molecule has 1 rings (SSSR count). The molecule has 3 nitrogen and oxygen atoms in total. The Labute approximate surface area is 84.7 Å². The van der Waals surface area contributed by atoms with Crippen molar-refractivity contribution in [1.82, 2.24) is 5.32 Å². The van der Waals surface area contributed by atoms with E-state index in [1.807, 2.05) is 13.1 Å². The Morgan fingerprint density at radius 3 is 2.79 bits per heavy atom. The average molecular weight is 195 g/mol. The number of rotatable bonds is 4. The molecule has 0 amide bonds.